The lowest BCUT2D eigenvalue weighted by Gasteiger charge is -2.29. The molecule has 122 valence electrons. The molecule has 3 heterocycles. The minimum absolute atomic E-state index is 0.337. The molecule has 0 aliphatic carbocycles. The normalized spacial score (nSPS) is 14.6. The zero-order chi connectivity index (χ0) is 16.7. The van der Waals surface area contributed by atoms with E-state index in [0.717, 1.165) is 34.3 Å². The molecule has 3 aromatic rings. The molecule has 0 atom stereocenters. The van der Waals surface area contributed by atoms with E-state index in [1.807, 2.05) is 30.5 Å². The van der Waals surface area contributed by atoms with Gasteiger partial charge in [0.2, 0.25) is 0 Å². The Hall–Kier alpha value is -2.25. The minimum atomic E-state index is -0.445. The number of benzene rings is 1. The first-order chi connectivity index (χ1) is 11.7. The van der Waals surface area contributed by atoms with Crippen LogP contribution in [0.4, 0.5) is 0 Å². The number of aromatic nitrogens is 3. The molecule has 4 rings (SSSR count). The highest BCUT2D eigenvalue weighted by molar-refractivity contribution is 9.10. The summed E-state index contributed by atoms with van der Waals surface area (Å²) in [7, 11) is 1.36. The first-order valence-electron chi connectivity index (χ1n) is 7.61. The van der Waals surface area contributed by atoms with Gasteiger partial charge >= 0.3 is 5.97 Å². The molecule has 0 unspecified atom stereocenters. The van der Waals surface area contributed by atoms with Gasteiger partial charge in [0.1, 0.15) is 0 Å². The van der Waals surface area contributed by atoms with Crippen LogP contribution in [0.3, 0.4) is 0 Å². The summed E-state index contributed by atoms with van der Waals surface area (Å²) in [4.78, 5) is 16.6. The summed E-state index contributed by atoms with van der Waals surface area (Å²) >= 11 is 3.52. The first-order valence-corrected chi connectivity index (χ1v) is 8.40. The second-order valence-electron chi connectivity index (χ2n) is 5.74. The van der Waals surface area contributed by atoms with E-state index in [9.17, 15) is 4.79 Å². The number of hydrogen-bond donors (Lipinski definition) is 2. The molecule has 1 aliphatic heterocycles. The standard InChI is InChI=1S/C17H15BrN4O2/c1-24-17(23)15-14-13(9-3-2-4-11(18)5-9)12(10-6-19-7-10)8-20-16(14)22-21-15/h2-5,8,10,19H,6-7H2,1H3,(H,20,21,22). The average Bonchev–Trinajstić information content (AvgIpc) is 2.96. The van der Waals surface area contributed by atoms with E-state index in [2.05, 4.69) is 36.4 Å². The van der Waals surface area contributed by atoms with E-state index in [4.69, 9.17) is 4.74 Å². The molecule has 0 saturated carbocycles. The maximum absolute atomic E-state index is 12.2. The SMILES string of the molecule is COC(=O)c1[nH]nc2ncc(C3CNC3)c(-c3cccc(Br)c3)c12. The summed E-state index contributed by atoms with van der Waals surface area (Å²) in [6, 6.07) is 8.02. The number of carbonyl (C=O) groups is 1. The Balaban J connectivity index is 2.05. The molecule has 1 aliphatic rings. The average molecular weight is 387 g/mol. The van der Waals surface area contributed by atoms with Gasteiger partial charge in [-0.25, -0.2) is 9.78 Å². The summed E-state index contributed by atoms with van der Waals surface area (Å²) in [5.74, 6) is -0.0734. The van der Waals surface area contributed by atoms with Crippen LogP contribution in [0.1, 0.15) is 22.0 Å². The van der Waals surface area contributed by atoms with Crippen molar-refractivity contribution in [3.05, 3.63) is 46.2 Å². The Morgan fingerprint density at radius 3 is 2.88 bits per heavy atom. The third-order valence-corrected chi connectivity index (χ3v) is 4.83. The molecule has 1 fully saturated rings. The predicted octanol–water partition coefficient (Wildman–Crippen LogP) is 2.86. The van der Waals surface area contributed by atoms with Crippen LogP contribution in [0, 0.1) is 0 Å². The van der Waals surface area contributed by atoms with Crippen molar-refractivity contribution in [2.75, 3.05) is 20.2 Å². The van der Waals surface area contributed by atoms with Crippen LogP contribution in [0.5, 0.6) is 0 Å². The fraction of sp³-hybridized carbons (Fsp3) is 0.235. The van der Waals surface area contributed by atoms with Gasteiger partial charge in [0.25, 0.3) is 0 Å². The quantitative estimate of drug-likeness (QED) is 0.676. The number of methoxy groups -OCH3 is 1. The molecular formula is C17H15BrN4O2. The molecule has 0 spiro atoms. The lowest BCUT2D eigenvalue weighted by Crippen LogP contribution is -2.40. The topological polar surface area (TPSA) is 79.9 Å². The van der Waals surface area contributed by atoms with E-state index in [1.54, 1.807) is 0 Å². The largest absolute Gasteiger partial charge is 0.464 e. The number of esters is 1. The fourth-order valence-corrected chi connectivity index (χ4v) is 3.42. The number of aromatic amines is 1. The maximum Gasteiger partial charge on any atom is 0.356 e. The molecule has 2 aromatic heterocycles. The van der Waals surface area contributed by atoms with Crippen LogP contribution in [0.25, 0.3) is 22.2 Å². The molecule has 1 saturated heterocycles. The third kappa shape index (κ3) is 2.40. The van der Waals surface area contributed by atoms with Crippen molar-refractivity contribution in [2.24, 2.45) is 0 Å². The van der Waals surface area contributed by atoms with Crippen LogP contribution in [0.15, 0.2) is 34.9 Å². The molecule has 0 amide bonds. The first kappa shape index (κ1) is 15.3. The Bertz CT molecular complexity index is 933. The van der Waals surface area contributed by atoms with E-state index in [-0.39, 0.29) is 0 Å². The molecule has 0 radical (unpaired) electrons. The molecule has 1 aromatic carbocycles. The van der Waals surface area contributed by atoms with E-state index in [1.165, 1.54) is 7.11 Å². The Kier molecular flexibility index (Phi) is 3.82. The summed E-state index contributed by atoms with van der Waals surface area (Å²) in [6.45, 7) is 1.80. The van der Waals surface area contributed by atoms with E-state index in [0.29, 0.717) is 22.6 Å². The van der Waals surface area contributed by atoms with Gasteiger partial charge in [0.05, 0.1) is 12.5 Å². The number of fused-ring (bicyclic) bond motifs is 1. The number of carbonyl (C=O) groups excluding carboxylic acids is 1. The smallest absolute Gasteiger partial charge is 0.356 e. The van der Waals surface area contributed by atoms with Gasteiger partial charge in [-0.1, -0.05) is 28.1 Å². The molecular weight excluding hydrogens is 372 g/mol. The van der Waals surface area contributed by atoms with Crippen LogP contribution in [-0.2, 0) is 4.74 Å². The van der Waals surface area contributed by atoms with Gasteiger partial charge in [-0.05, 0) is 23.3 Å². The van der Waals surface area contributed by atoms with Gasteiger partial charge in [-0.3, -0.25) is 5.10 Å². The van der Waals surface area contributed by atoms with Crippen molar-refractivity contribution < 1.29 is 9.53 Å². The lowest BCUT2D eigenvalue weighted by atomic mass is 9.86. The third-order valence-electron chi connectivity index (χ3n) is 4.34. The predicted molar refractivity (Wildman–Crippen MR) is 94.0 cm³/mol. The number of nitrogens with one attached hydrogen (secondary N) is 2. The molecule has 0 bridgehead atoms. The van der Waals surface area contributed by atoms with E-state index < -0.39 is 5.97 Å². The Labute approximate surface area is 146 Å². The van der Waals surface area contributed by atoms with E-state index >= 15 is 0 Å². The highest BCUT2D eigenvalue weighted by Gasteiger charge is 2.27. The Morgan fingerprint density at radius 1 is 1.38 bits per heavy atom. The number of nitrogens with zero attached hydrogens (tertiary/aromatic N) is 2. The van der Waals surface area contributed by atoms with Gasteiger partial charge in [0, 0.05) is 35.2 Å². The van der Waals surface area contributed by atoms with Crippen molar-refractivity contribution in [3.63, 3.8) is 0 Å². The number of ether oxygens (including phenoxy) is 1. The zero-order valence-electron chi connectivity index (χ0n) is 13.0. The number of rotatable bonds is 3. The van der Waals surface area contributed by atoms with Crippen LogP contribution in [0.2, 0.25) is 0 Å². The van der Waals surface area contributed by atoms with Crippen molar-refractivity contribution in [1.82, 2.24) is 20.5 Å². The van der Waals surface area contributed by atoms with Crippen molar-refractivity contribution in [3.8, 4) is 11.1 Å². The molecule has 7 heteroatoms. The number of hydrogen-bond acceptors (Lipinski definition) is 5. The van der Waals surface area contributed by atoms with Gasteiger partial charge in [0.15, 0.2) is 11.3 Å². The van der Waals surface area contributed by atoms with Gasteiger partial charge in [-0.15, -0.1) is 0 Å². The summed E-state index contributed by atoms with van der Waals surface area (Å²) in [5, 5.41) is 11.0. The number of halogens is 1. The second-order valence-corrected chi connectivity index (χ2v) is 6.66. The van der Waals surface area contributed by atoms with Crippen molar-refractivity contribution >= 4 is 32.9 Å². The number of pyridine rings is 1. The van der Waals surface area contributed by atoms with Crippen molar-refractivity contribution in [1.29, 1.82) is 0 Å². The lowest BCUT2D eigenvalue weighted by molar-refractivity contribution is 0.0596. The molecule has 6 nitrogen and oxygen atoms in total. The van der Waals surface area contributed by atoms with Crippen molar-refractivity contribution in [2.45, 2.75) is 5.92 Å². The summed E-state index contributed by atoms with van der Waals surface area (Å²) in [5.41, 5.74) is 3.98. The Morgan fingerprint density at radius 2 is 2.21 bits per heavy atom. The zero-order valence-corrected chi connectivity index (χ0v) is 14.6. The van der Waals surface area contributed by atoms with Gasteiger partial charge in [-0.2, -0.15) is 5.10 Å². The summed E-state index contributed by atoms with van der Waals surface area (Å²) < 4.78 is 5.88. The minimum Gasteiger partial charge on any atom is -0.464 e. The maximum atomic E-state index is 12.2. The van der Waals surface area contributed by atoms with Crippen LogP contribution in [-0.4, -0.2) is 41.3 Å². The molecule has 24 heavy (non-hydrogen) atoms. The summed E-state index contributed by atoms with van der Waals surface area (Å²) in [6.07, 6.45) is 1.87. The monoisotopic (exact) mass is 386 g/mol. The fourth-order valence-electron chi connectivity index (χ4n) is 3.03. The number of H-pyrrole nitrogens is 1. The second kappa shape index (κ2) is 5.99. The van der Waals surface area contributed by atoms with Crippen LogP contribution < -0.4 is 5.32 Å². The highest BCUT2D eigenvalue weighted by Crippen LogP contribution is 2.38. The van der Waals surface area contributed by atoms with Gasteiger partial charge < -0.3 is 10.1 Å². The highest BCUT2D eigenvalue weighted by atomic mass is 79.9. The van der Waals surface area contributed by atoms with Crippen LogP contribution >= 0.6 is 15.9 Å². The molecule has 2 N–H and O–H groups in total.